The minimum absolute atomic E-state index is 0. The fraction of sp³-hybridized carbons (Fsp3) is 0.400. The van der Waals surface area contributed by atoms with Gasteiger partial charge in [0.05, 0.1) is 0 Å². The number of carbonyl (C=O) groups excluding carboxylic acids is 1. The van der Waals surface area contributed by atoms with Gasteiger partial charge in [-0.1, -0.05) is 31.2 Å². The van der Waals surface area contributed by atoms with Crippen molar-refractivity contribution in [3.05, 3.63) is 52.2 Å². The molecular formula is C20H27IN4OS. The first kappa shape index (κ1) is 21.7. The lowest BCUT2D eigenvalue weighted by atomic mass is 10.1. The zero-order valence-corrected chi connectivity index (χ0v) is 18.9. The van der Waals surface area contributed by atoms with Crippen LogP contribution in [-0.4, -0.2) is 38.0 Å². The molecule has 0 spiro atoms. The third kappa shape index (κ3) is 5.68. The number of rotatable bonds is 6. The molecule has 1 aromatic carbocycles. The lowest BCUT2D eigenvalue weighted by molar-refractivity contribution is -0.117. The quantitative estimate of drug-likeness (QED) is 0.364. The molecule has 7 heteroatoms. The maximum Gasteiger partial charge on any atom is 0.248 e. The molecule has 2 heterocycles. The van der Waals surface area contributed by atoms with Crippen molar-refractivity contribution in [1.82, 2.24) is 10.6 Å². The van der Waals surface area contributed by atoms with E-state index in [1.807, 2.05) is 30.0 Å². The molecule has 1 aliphatic rings. The first-order valence-electron chi connectivity index (χ1n) is 9.13. The fourth-order valence-electron chi connectivity index (χ4n) is 3.09. The molecule has 5 nitrogen and oxygen atoms in total. The summed E-state index contributed by atoms with van der Waals surface area (Å²) in [7, 11) is 0. The predicted molar refractivity (Wildman–Crippen MR) is 125 cm³/mol. The van der Waals surface area contributed by atoms with Crippen LogP contribution in [0.1, 0.15) is 30.2 Å². The number of halogens is 1. The van der Waals surface area contributed by atoms with Gasteiger partial charge >= 0.3 is 0 Å². The van der Waals surface area contributed by atoms with Crippen molar-refractivity contribution in [2.75, 3.05) is 31.1 Å². The number of carbonyl (C=O) groups is 1. The molecule has 0 bridgehead atoms. The van der Waals surface area contributed by atoms with E-state index in [9.17, 15) is 4.79 Å². The number of para-hydroxylation sites is 1. The van der Waals surface area contributed by atoms with Crippen LogP contribution in [0.25, 0.3) is 0 Å². The van der Waals surface area contributed by atoms with E-state index in [-0.39, 0.29) is 36.4 Å². The van der Waals surface area contributed by atoms with Gasteiger partial charge in [-0.15, -0.1) is 35.3 Å². The minimum atomic E-state index is 0. The molecule has 2 N–H and O–H groups in total. The second-order valence-corrected chi connectivity index (χ2v) is 7.40. The van der Waals surface area contributed by atoms with Crippen LogP contribution < -0.4 is 15.5 Å². The monoisotopic (exact) mass is 498 g/mol. The second kappa shape index (κ2) is 10.7. The molecule has 1 atom stereocenters. The standard InChI is InChI=1S/C20H26N4OS.HI/c1-3-21-20(22-13-15(2)18-9-6-12-26-18)23-14-19(25)24-11-10-16-7-4-5-8-17(16)24;/h4-9,12,15H,3,10-11,13-14H2,1-2H3,(H2,21,22,23);1H. The van der Waals surface area contributed by atoms with Crippen molar-refractivity contribution < 1.29 is 4.79 Å². The van der Waals surface area contributed by atoms with Gasteiger partial charge in [-0.25, -0.2) is 4.99 Å². The highest BCUT2D eigenvalue weighted by Gasteiger charge is 2.23. The molecule has 1 amide bonds. The van der Waals surface area contributed by atoms with E-state index < -0.39 is 0 Å². The second-order valence-electron chi connectivity index (χ2n) is 6.42. The molecule has 1 unspecified atom stereocenters. The van der Waals surface area contributed by atoms with Crippen LogP contribution in [0.5, 0.6) is 0 Å². The van der Waals surface area contributed by atoms with Crippen molar-refractivity contribution in [2.45, 2.75) is 26.2 Å². The Morgan fingerprint density at radius 1 is 1.26 bits per heavy atom. The summed E-state index contributed by atoms with van der Waals surface area (Å²) in [5.41, 5.74) is 2.26. The highest BCUT2D eigenvalue weighted by Crippen LogP contribution is 2.27. The van der Waals surface area contributed by atoms with Crippen LogP contribution in [0, 0.1) is 0 Å². The summed E-state index contributed by atoms with van der Waals surface area (Å²) in [5, 5.41) is 8.66. The van der Waals surface area contributed by atoms with Crippen LogP contribution in [0.2, 0.25) is 0 Å². The third-order valence-electron chi connectivity index (χ3n) is 4.51. The maximum absolute atomic E-state index is 12.6. The summed E-state index contributed by atoms with van der Waals surface area (Å²) in [4.78, 5) is 20.3. The first-order chi connectivity index (χ1) is 12.7. The van der Waals surface area contributed by atoms with Crippen LogP contribution >= 0.6 is 35.3 Å². The Hall–Kier alpha value is -1.61. The van der Waals surface area contributed by atoms with Crippen molar-refractivity contribution in [3.8, 4) is 0 Å². The van der Waals surface area contributed by atoms with Gasteiger partial charge in [0.1, 0.15) is 6.54 Å². The third-order valence-corrected chi connectivity index (χ3v) is 5.61. The first-order valence-corrected chi connectivity index (χ1v) is 10.0. The summed E-state index contributed by atoms with van der Waals surface area (Å²) >= 11 is 1.76. The lowest BCUT2D eigenvalue weighted by Gasteiger charge is -2.18. The number of thiophene rings is 1. The Balaban J connectivity index is 0.00000261. The average molecular weight is 498 g/mol. The van der Waals surface area contributed by atoms with Gasteiger partial charge in [0.2, 0.25) is 5.91 Å². The zero-order valence-electron chi connectivity index (χ0n) is 15.8. The number of guanidine groups is 1. The highest BCUT2D eigenvalue weighted by atomic mass is 127. The molecule has 0 saturated carbocycles. The van der Waals surface area contributed by atoms with Gasteiger partial charge in [-0.3, -0.25) is 4.79 Å². The number of benzene rings is 1. The highest BCUT2D eigenvalue weighted by molar-refractivity contribution is 14.0. The van der Waals surface area contributed by atoms with E-state index in [0.29, 0.717) is 11.9 Å². The number of nitrogens with zero attached hydrogens (tertiary/aromatic N) is 2. The van der Waals surface area contributed by atoms with E-state index in [0.717, 1.165) is 31.7 Å². The van der Waals surface area contributed by atoms with E-state index in [1.165, 1.54) is 10.4 Å². The molecule has 0 aliphatic carbocycles. The lowest BCUT2D eigenvalue weighted by Crippen LogP contribution is -2.40. The smallest absolute Gasteiger partial charge is 0.248 e. The largest absolute Gasteiger partial charge is 0.357 e. The minimum Gasteiger partial charge on any atom is -0.357 e. The van der Waals surface area contributed by atoms with E-state index in [1.54, 1.807) is 11.3 Å². The molecule has 3 rings (SSSR count). The number of nitrogens with one attached hydrogen (secondary N) is 2. The normalized spacial score (nSPS) is 14.3. The summed E-state index contributed by atoms with van der Waals surface area (Å²) in [6.45, 7) is 6.66. The van der Waals surface area contributed by atoms with Crippen LogP contribution in [0.3, 0.4) is 0 Å². The van der Waals surface area contributed by atoms with Crippen molar-refractivity contribution in [1.29, 1.82) is 0 Å². The van der Waals surface area contributed by atoms with E-state index in [2.05, 4.69) is 46.1 Å². The van der Waals surface area contributed by atoms with Gasteiger partial charge in [-0.2, -0.15) is 0 Å². The van der Waals surface area contributed by atoms with E-state index >= 15 is 0 Å². The molecule has 146 valence electrons. The SMILES string of the molecule is CCNC(=NCC(=O)N1CCc2ccccc21)NCC(C)c1cccs1.I. The van der Waals surface area contributed by atoms with E-state index in [4.69, 9.17) is 0 Å². The molecule has 1 aliphatic heterocycles. The molecule has 0 saturated heterocycles. The maximum atomic E-state index is 12.6. The van der Waals surface area contributed by atoms with Crippen LogP contribution in [-0.2, 0) is 11.2 Å². The number of hydrogen-bond donors (Lipinski definition) is 2. The summed E-state index contributed by atoms with van der Waals surface area (Å²) in [6, 6.07) is 12.3. The fourth-order valence-corrected chi connectivity index (χ4v) is 3.88. The van der Waals surface area contributed by atoms with Gasteiger partial charge in [0.15, 0.2) is 5.96 Å². The van der Waals surface area contributed by atoms with Gasteiger partial charge < -0.3 is 15.5 Å². The predicted octanol–water partition coefficient (Wildman–Crippen LogP) is 3.61. The van der Waals surface area contributed by atoms with Gasteiger partial charge in [0.25, 0.3) is 0 Å². The molecule has 0 fully saturated rings. The number of hydrogen-bond acceptors (Lipinski definition) is 3. The Bertz CT molecular complexity index is 763. The van der Waals surface area contributed by atoms with Crippen molar-refractivity contribution in [2.24, 2.45) is 4.99 Å². The summed E-state index contributed by atoms with van der Waals surface area (Å²) in [6.07, 6.45) is 0.919. The summed E-state index contributed by atoms with van der Waals surface area (Å²) < 4.78 is 0. The zero-order chi connectivity index (χ0) is 18.4. The van der Waals surface area contributed by atoms with Crippen molar-refractivity contribution >= 4 is 52.9 Å². The Morgan fingerprint density at radius 3 is 2.81 bits per heavy atom. The number of fused-ring (bicyclic) bond motifs is 1. The topological polar surface area (TPSA) is 56.7 Å². The molecular weight excluding hydrogens is 471 g/mol. The molecule has 1 aromatic heterocycles. The Kier molecular flexibility index (Phi) is 8.56. The summed E-state index contributed by atoms with van der Waals surface area (Å²) in [5.74, 6) is 1.13. The number of aliphatic imine (C=N–C) groups is 1. The van der Waals surface area contributed by atoms with Crippen molar-refractivity contribution in [3.63, 3.8) is 0 Å². The molecule has 27 heavy (non-hydrogen) atoms. The number of amides is 1. The van der Waals surface area contributed by atoms with Gasteiger partial charge in [0, 0.05) is 36.1 Å². The molecule has 2 aromatic rings. The number of anilines is 1. The van der Waals surface area contributed by atoms with Gasteiger partial charge in [-0.05, 0) is 36.4 Å². The Morgan fingerprint density at radius 2 is 2.07 bits per heavy atom. The average Bonchev–Trinajstić information content (AvgIpc) is 3.33. The van der Waals surface area contributed by atoms with Crippen LogP contribution in [0.4, 0.5) is 5.69 Å². The molecule has 0 radical (unpaired) electrons. The van der Waals surface area contributed by atoms with Crippen LogP contribution in [0.15, 0.2) is 46.8 Å². The Labute approximate surface area is 182 Å².